The third-order valence-electron chi connectivity index (χ3n) is 7.87. The fourth-order valence-electron chi connectivity index (χ4n) is 5.65. The van der Waals surface area contributed by atoms with Gasteiger partial charge in [0.2, 0.25) is 0 Å². The minimum absolute atomic E-state index is 0.128. The van der Waals surface area contributed by atoms with Crippen molar-refractivity contribution in [2.24, 2.45) is 0 Å². The monoisotopic (exact) mass is 531 g/mol. The highest BCUT2D eigenvalue weighted by Gasteiger charge is 2.33. The average Bonchev–Trinajstić information content (AvgIpc) is 3.00. The van der Waals surface area contributed by atoms with Crippen LogP contribution in [0.3, 0.4) is 0 Å². The molecular formula is C35H33NO4. The molecule has 1 amide bonds. The number of hydrogen-bond donors (Lipinski definition) is 1. The second-order valence-corrected chi connectivity index (χ2v) is 10.6. The quantitative estimate of drug-likeness (QED) is 0.222. The van der Waals surface area contributed by atoms with E-state index in [1.807, 2.05) is 12.1 Å². The molecule has 0 aliphatic carbocycles. The van der Waals surface area contributed by atoms with Gasteiger partial charge in [-0.15, -0.1) is 0 Å². The molecule has 40 heavy (non-hydrogen) atoms. The summed E-state index contributed by atoms with van der Waals surface area (Å²) in [4.78, 5) is 13.2. The summed E-state index contributed by atoms with van der Waals surface area (Å²) in [5.41, 5.74) is 4.53. The molecule has 1 N–H and O–H groups in total. The maximum Gasteiger partial charge on any atom is 0.407 e. The van der Waals surface area contributed by atoms with Crippen molar-refractivity contribution in [3.63, 3.8) is 0 Å². The molecule has 2 atom stereocenters. The Labute approximate surface area is 234 Å². The number of benzene rings is 5. The van der Waals surface area contributed by atoms with Gasteiger partial charge in [0.1, 0.15) is 0 Å². The summed E-state index contributed by atoms with van der Waals surface area (Å²) in [5, 5.41) is 14.4. The molecule has 0 aromatic heterocycles. The van der Waals surface area contributed by atoms with Crippen molar-refractivity contribution in [3.8, 4) is 0 Å². The van der Waals surface area contributed by atoms with Crippen molar-refractivity contribution < 1.29 is 19.4 Å². The summed E-state index contributed by atoms with van der Waals surface area (Å²) in [5.74, 6) is 0.128. The van der Waals surface area contributed by atoms with Gasteiger partial charge in [0, 0.05) is 12.5 Å². The lowest BCUT2D eigenvalue weighted by molar-refractivity contribution is -0.0199. The van der Waals surface area contributed by atoms with Crippen LogP contribution in [0.25, 0.3) is 21.5 Å². The summed E-state index contributed by atoms with van der Waals surface area (Å²) in [6.07, 6.45) is -0.380. The summed E-state index contributed by atoms with van der Waals surface area (Å²) < 4.78 is 12.4. The van der Waals surface area contributed by atoms with Gasteiger partial charge in [0.15, 0.2) is 0 Å². The molecule has 0 bridgehead atoms. The standard InChI is InChI=1S/C35H33NO4/c37-35(38)36-18-17-33(34(21-36)40-24-27-12-14-29-6-2-4-8-32(29)20-27)30-15-9-25(10-16-30)22-39-23-26-11-13-28-5-1-3-7-31(28)19-26/h1-16,19-20,33-34H,17-18,21-24H2,(H,37,38). The van der Waals surface area contributed by atoms with Crippen molar-refractivity contribution >= 4 is 27.6 Å². The van der Waals surface area contributed by atoms with Crippen molar-refractivity contribution in [1.29, 1.82) is 0 Å². The van der Waals surface area contributed by atoms with E-state index >= 15 is 0 Å². The third-order valence-corrected chi connectivity index (χ3v) is 7.87. The minimum atomic E-state index is -0.892. The molecule has 1 fully saturated rings. The number of hydrogen-bond acceptors (Lipinski definition) is 3. The minimum Gasteiger partial charge on any atom is -0.465 e. The van der Waals surface area contributed by atoms with Gasteiger partial charge in [-0.05, 0) is 62.4 Å². The van der Waals surface area contributed by atoms with Crippen LogP contribution in [0.1, 0.15) is 34.6 Å². The number of piperidine rings is 1. The molecule has 1 aliphatic rings. The van der Waals surface area contributed by atoms with Gasteiger partial charge in [-0.2, -0.15) is 0 Å². The van der Waals surface area contributed by atoms with Gasteiger partial charge in [-0.1, -0.05) is 97.1 Å². The Morgan fingerprint density at radius 1 is 0.700 bits per heavy atom. The molecule has 5 aromatic carbocycles. The predicted molar refractivity (Wildman–Crippen MR) is 158 cm³/mol. The van der Waals surface area contributed by atoms with E-state index in [0.717, 1.165) is 23.1 Å². The first kappa shape index (κ1) is 26.1. The fraction of sp³-hybridized carbons (Fsp3) is 0.229. The molecule has 5 heteroatoms. The lowest BCUT2D eigenvalue weighted by atomic mass is 9.86. The van der Waals surface area contributed by atoms with Crippen LogP contribution in [-0.4, -0.2) is 35.3 Å². The van der Waals surface area contributed by atoms with Crippen LogP contribution in [0.4, 0.5) is 4.79 Å². The number of nitrogens with zero attached hydrogens (tertiary/aromatic N) is 1. The molecule has 1 heterocycles. The van der Waals surface area contributed by atoms with Crippen molar-refractivity contribution in [3.05, 3.63) is 131 Å². The van der Waals surface area contributed by atoms with Crippen LogP contribution in [0, 0.1) is 0 Å². The molecule has 0 saturated carbocycles. The number of fused-ring (bicyclic) bond motifs is 2. The Hall–Kier alpha value is -4.19. The zero-order chi connectivity index (χ0) is 27.3. The van der Waals surface area contributed by atoms with Crippen molar-refractivity contribution in [2.75, 3.05) is 13.1 Å². The maximum absolute atomic E-state index is 11.7. The van der Waals surface area contributed by atoms with Gasteiger partial charge in [-0.3, -0.25) is 0 Å². The summed E-state index contributed by atoms with van der Waals surface area (Å²) >= 11 is 0. The normalized spacial score (nSPS) is 17.4. The Kier molecular flexibility index (Phi) is 7.76. The number of amides is 1. The Morgan fingerprint density at radius 3 is 1.88 bits per heavy atom. The second-order valence-electron chi connectivity index (χ2n) is 10.6. The lowest BCUT2D eigenvalue weighted by Gasteiger charge is -2.37. The highest BCUT2D eigenvalue weighted by Crippen LogP contribution is 2.32. The summed E-state index contributed by atoms with van der Waals surface area (Å²) in [6, 6.07) is 37.9. The van der Waals surface area contributed by atoms with E-state index in [1.165, 1.54) is 32.0 Å². The molecule has 2 unspecified atom stereocenters. The fourth-order valence-corrected chi connectivity index (χ4v) is 5.65. The molecule has 5 nitrogen and oxygen atoms in total. The van der Waals surface area contributed by atoms with Crippen LogP contribution in [0.2, 0.25) is 0 Å². The van der Waals surface area contributed by atoms with Crippen LogP contribution in [0.15, 0.2) is 109 Å². The van der Waals surface area contributed by atoms with E-state index in [1.54, 1.807) is 0 Å². The Morgan fingerprint density at radius 2 is 1.25 bits per heavy atom. The van der Waals surface area contributed by atoms with E-state index in [0.29, 0.717) is 32.9 Å². The van der Waals surface area contributed by atoms with Crippen molar-refractivity contribution in [1.82, 2.24) is 4.90 Å². The lowest BCUT2D eigenvalue weighted by Crippen LogP contribution is -2.46. The molecule has 202 valence electrons. The summed E-state index contributed by atoms with van der Waals surface area (Å²) in [6.45, 7) is 2.41. The molecule has 6 rings (SSSR count). The SMILES string of the molecule is O=C(O)N1CCC(c2ccc(COCc3ccc4ccccc4c3)cc2)C(OCc2ccc3ccccc3c2)C1. The first-order chi connectivity index (χ1) is 19.6. The second kappa shape index (κ2) is 11.9. The van der Waals surface area contributed by atoms with Gasteiger partial charge >= 0.3 is 6.09 Å². The Balaban J connectivity index is 1.09. The zero-order valence-electron chi connectivity index (χ0n) is 22.4. The van der Waals surface area contributed by atoms with E-state index in [-0.39, 0.29) is 12.0 Å². The first-order valence-electron chi connectivity index (χ1n) is 13.8. The molecule has 1 saturated heterocycles. The van der Waals surface area contributed by atoms with E-state index in [4.69, 9.17) is 9.47 Å². The van der Waals surface area contributed by atoms with Crippen LogP contribution in [0.5, 0.6) is 0 Å². The molecular weight excluding hydrogens is 498 g/mol. The number of carbonyl (C=O) groups is 1. The highest BCUT2D eigenvalue weighted by molar-refractivity contribution is 5.83. The third kappa shape index (κ3) is 6.01. The van der Waals surface area contributed by atoms with Gasteiger partial charge in [-0.25, -0.2) is 4.79 Å². The van der Waals surface area contributed by atoms with Crippen LogP contribution >= 0.6 is 0 Å². The number of likely N-dealkylation sites (tertiary alicyclic amines) is 1. The van der Waals surface area contributed by atoms with Crippen molar-refractivity contribution in [2.45, 2.75) is 38.3 Å². The average molecular weight is 532 g/mol. The van der Waals surface area contributed by atoms with Gasteiger partial charge in [0.25, 0.3) is 0 Å². The maximum atomic E-state index is 11.7. The topological polar surface area (TPSA) is 59.0 Å². The zero-order valence-corrected chi connectivity index (χ0v) is 22.4. The van der Waals surface area contributed by atoms with Crippen LogP contribution in [-0.2, 0) is 29.3 Å². The highest BCUT2D eigenvalue weighted by atomic mass is 16.5. The van der Waals surface area contributed by atoms with E-state index < -0.39 is 6.09 Å². The van der Waals surface area contributed by atoms with Gasteiger partial charge in [0.05, 0.1) is 32.5 Å². The number of rotatable bonds is 8. The molecule has 1 aliphatic heterocycles. The molecule has 5 aromatic rings. The summed E-state index contributed by atoms with van der Waals surface area (Å²) in [7, 11) is 0. The number of ether oxygens (including phenoxy) is 2. The first-order valence-corrected chi connectivity index (χ1v) is 13.8. The predicted octanol–water partition coefficient (Wildman–Crippen LogP) is 7.76. The largest absolute Gasteiger partial charge is 0.465 e. The van der Waals surface area contributed by atoms with Crippen LogP contribution < -0.4 is 0 Å². The molecule has 0 spiro atoms. The van der Waals surface area contributed by atoms with E-state index in [9.17, 15) is 9.90 Å². The van der Waals surface area contributed by atoms with E-state index in [2.05, 4.69) is 97.1 Å². The number of carboxylic acid groups (broad SMARTS) is 1. The smallest absolute Gasteiger partial charge is 0.407 e. The Bertz CT molecular complexity index is 1610. The van der Waals surface area contributed by atoms with Gasteiger partial charge < -0.3 is 19.5 Å². The molecule has 0 radical (unpaired) electrons.